The lowest BCUT2D eigenvalue weighted by molar-refractivity contribution is 0.0450. The van der Waals surface area contributed by atoms with Crippen LogP contribution in [0.5, 0.6) is 5.75 Å². The lowest BCUT2D eigenvalue weighted by Crippen LogP contribution is -2.31. The van der Waals surface area contributed by atoms with Crippen LogP contribution in [0.15, 0.2) is 47.4 Å². The summed E-state index contributed by atoms with van der Waals surface area (Å²) in [5, 5.41) is 0.0613. The molecule has 0 aliphatic carbocycles. The molecule has 8 heteroatoms. The Hall–Kier alpha value is -2.09. The number of carbonyl (C=O) groups is 1. The SMILES string of the molecule is CCN(CC)S(=O)(=O)c1cc(C(=O)OCCOc2cccc(C)c2)ccc1Cl. The number of hydrogen-bond donors (Lipinski definition) is 0. The Bertz CT molecular complexity index is 926. The van der Waals surface area contributed by atoms with Gasteiger partial charge in [-0.3, -0.25) is 0 Å². The molecular formula is C20H24ClNO5S. The van der Waals surface area contributed by atoms with Crippen molar-refractivity contribution in [2.24, 2.45) is 0 Å². The van der Waals surface area contributed by atoms with Crippen molar-refractivity contribution in [2.75, 3.05) is 26.3 Å². The zero-order chi connectivity index (χ0) is 20.7. The molecule has 2 aromatic rings. The van der Waals surface area contributed by atoms with Crippen LogP contribution in [-0.2, 0) is 14.8 Å². The van der Waals surface area contributed by atoms with Crippen LogP contribution >= 0.6 is 11.6 Å². The average molecular weight is 426 g/mol. The molecule has 0 saturated heterocycles. The van der Waals surface area contributed by atoms with Crippen LogP contribution in [0.1, 0.15) is 29.8 Å². The monoisotopic (exact) mass is 425 g/mol. The highest BCUT2D eigenvalue weighted by molar-refractivity contribution is 7.89. The smallest absolute Gasteiger partial charge is 0.338 e. The van der Waals surface area contributed by atoms with E-state index in [0.717, 1.165) is 5.56 Å². The fraction of sp³-hybridized carbons (Fsp3) is 0.350. The summed E-state index contributed by atoms with van der Waals surface area (Å²) in [5.41, 5.74) is 1.18. The molecule has 0 atom stereocenters. The average Bonchev–Trinajstić information content (AvgIpc) is 2.66. The maximum Gasteiger partial charge on any atom is 0.338 e. The van der Waals surface area contributed by atoms with Gasteiger partial charge in [0.15, 0.2) is 0 Å². The van der Waals surface area contributed by atoms with E-state index in [2.05, 4.69) is 0 Å². The van der Waals surface area contributed by atoms with E-state index in [1.165, 1.54) is 22.5 Å². The zero-order valence-corrected chi connectivity index (χ0v) is 17.7. The molecule has 2 rings (SSSR count). The van der Waals surface area contributed by atoms with E-state index in [1.54, 1.807) is 13.8 Å². The normalized spacial score (nSPS) is 11.5. The molecule has 0 fully saturated rings. The number of rotatable bonds is 9. The molecule has 0 aliphatic rings. The summed E-state index contributed by atoms with van der Waals surface area (Å²) in [6, 6.07) is 11.6. The van der Waals surface area contributed by atoms with E-state index < -0.39 is 16.0 Å². The van der Waals surface area contributed by atoms with Crippen LogP contribution in [0.2, 0.25) is 5.02 Å². The number of hydrogen-bond acceptors (Lipinski definition) is 5. The van der Waals surface area contributed by atoms with Gasteiger partial charge in [0.2, 0.25) is 10.0 Å². The predicted molar refractivity (Wildman–Crippen MR) is 109 cm³/mol. The Morgan fingerprint density at radius 1 is 1.07 bits per heavy atom. The summed E-state index contributed by atoms with van der Waals surface area (Å²) in [4.78, 5) is 12.2. The molecule has 0 amide bonds. The van der Waals surface area contributed by atoms with Gasteiger partial charge < -0.3 is 9.47 Å². The van der Waals surface area contributed by atoms with Crippen molar-refractivity contribution in [1.82, 2.24) is 4.31 Å². The molecule has 0 radical (unpaired) electrons. The third-order valence-electron chi connectivity index (χ3n) is 4.06. The number of ether oxygens (including phenoxy) is 2. The van der Waals surface area contributed by atoms with Gasteiger partial charge in [0, 0.05) is 13.1 Å². The van der Waals surface area contributed by atoms with Crippen molar-refractivity contribution >= 4 is 27.6 Å². The molecule has 152 valence electrons. The van der Waals surface area contributed by atoms with Crippen LogP contribution in [0.25, 0.3) is 0 Å². The first-order valence-corrected chi connectivity index (χ1v) is 10.8. The van der Waals surface area contributed by atoms with Crippen LogP contribution in [0.3, 0.4) is 0 Å². The molecule has 0 spiro atoms. The minimum absolute atomic E-state index is 0.0352. The zero-order valence-electron chi connectivity index (χ0n) is 16.1. The lowest BCUT2D eigenvalue weighted by atomic mass is 10.2. The van der Waals surface area contributed by atoms with Gasteiger partial charge in [-0.1, -0.05) is 37.6 Å². The number of sulfonamides is 1. The van der Waals surface area contributed by atoms with E-state index in [1.807, 2.05) is 31.2 Å². The molecule has 0 unspecified atom stereocenters. The van der Waals surface area contributed by atoms with Gasteiger partial charge >= 0.3 is 5.97 Å². The molecule has 0 aromatic heterocycles. The highest BCUT2D eigenvalue weighted by atomic mass is 35.5. The van der Waals surface area contributed by atoms with Crippen molar-refractivity contribution in [1.29, 1.82) is 0 Å². The van der Waals surface area contributed by atoms with Crippen LogP contribution in [0, 0.1) is 6.92 Å². The Morgan fingerprint density at radius 3 is 2.43 bits per heavy atom. The molecule has 28 heavy (non-hydrogen) atoms. The summed E-state index contributed by atoms with van der Waals surface area (Å²) >= 11 is 6.07. The van der Waals surface area contributed by atoms with Crippen LogP contribution in [-0.4, -0.2) is 45.0 Å². The number of halogens is 1. The number of carbonyl (C=O) groups excluding carboxylic acids is 1. The number of esters is 1. The highest BCUT2D eigenvalue weighted by Crippen LogP contribution is 2.26. The third-order valence-corrected chi connectivity index (χ3v) is 6.60. The van der Waals surface area contributed by atoms with Gasteiger partial charge in [-0.25, -0.2) is 13.2 Å². The third kappa shape index (κ3) is 5.47. The maximum absolute atomic E-state index is 12.7. The number of benzene rings is 2. The minimum Gasteiger partial charge on any atom is -0.490 e. The first kappa shape index (κ1) is 22.2. The van der Waals surface area contributed by atoms with Crippen molar-refractivity contribution in [3.8, 4) is 5.75 Å². The Balaban J connectivity index is 2.04. The molecule has 0 N–H and O–H groups in total. The van der Waals surface area contributed by atoms with E-state index in [-0.39, 0.29) is 28.7 Å². The molecule has 0 saturated carbocycles. The molecule has 0 heterocycles. The number of aryl methyl sites for hydroxylation is 1. The fourth-order valence-electron chi connectivity index (χ4n) is 2.61. The number of nitrogens with zero attached hydrogens (tertiary/aromatic N) is 1. The first-order chi connectivity index (χ1) is 13.3. The topological polar surface area (TPSA) is 72.9 Å². The fourth-order valence-corrected chi connectivity index (χ4v) is 4.57. The van der Waals surface area contributed by atoms with Crippen molar-refractivity contribution in [3.05, 3.63) is 58.6 Å². The predicted octanol–water partition coefficient (Wildman–Crippen LogP) is 3.91. The summed E-state index contributed by atoms with van der Waals surface area (Å²) in [5.74, 6) is 0.0515. The van der Waals surface area contributed by atoms with Gasteiger partial charge in [0.25, 0.3) is 0 Å². The standard InChI is InChI=1S/C20H24ClNO5S/c1-4-22(5-2)28(24,25)19-14-16(9-10-18(19)21)20(23)27-12-11-26-17-8-6-7-15(3)13-17/h6-10,13-14H,4-5,11-12H2,1-3H3. The summed E-state index contributed by atoms with van der Waals surface area (Å²) < 4.78 is 37.4. The van der Waals surface area contributed by atoms with Crippen molar-refractivity contribution in [2.45, 2.75) is 25.7 Å². The summed E-state index contributed by atoms with van der Waals surface area (Å²) in [7, 11) is -3.78. The van der Waals surface area contributed by atoms with Crippen molar-refractivity contribution < 1.29 is 22.7 Å². The van der Waals surface area contributed by atoms with Gasteiger partial charge in [0.1, 0.15) is 23.9 Å². The van der Waals surface area contributed by atoms with Gasteiger partial charge in [0.05, 0.1) is 10.6 Å². The second-order valence-electron chi connectivity index (χ2n) is 6.04. The largest absolute Gasteiger partial charge is 0.490 e. The van der Waals surface area contributed by atoms with Gasteiger partial charge in [-0.2, -0.15) is 4.31 Å². The molecule has 6 nitrogen and oxygen atoms in total. The van der Waals surface area contributed by atoms with Gasteiger partial charge in [-0.15, -0.1) is 0 Å². The Morgan fingerprint density at radius 2 is 1.79 bits per heavy atom. The maximum atomic E-state index is 12.7. The van der Waals surface area contributed by atoms with Crippen LogP contribution < -0.4 is 4.74 Å². The van der Waals surface area contributed by atoms with Gasteiger partial charge in [-0.05, 0) is 42.8 Å². The minimum atomic E-state index is -3.78. The van der Waals surface area contributed by atoms with E-state index >= 15 is 0 Å². The first-order valence-electron chi connectivity index (χ1n) is 8.95. The summed E-state index contributed by atoms with van der Waals surface area (Å²) in [6.07, 6.45) is 0. The second-order valence-corrected chi connectivity index (χ2v) is 8.35. The van der Waals surface area contributed by atoms with E-state index in [0.29, 0.717) is 18.8 Å². The van der Waals surface area contributed by atoms with Crippen molar-refractivity contribution in [3.63, 3.8) is 0 Å². The molecular weight excluding hydrogens is 402 g/mol. The molecule has 2 aromatic carbocycles. The van der Waals surface area contributed by atoms with E-state index in [9.17, 15) is 13.2 Å². The van der Waals surface area contributed by atoms with Crippen LogP contribution in [0.4, 0.5) is 0 Å². The Labute approximate surface area is 171 Å². The highest BCUT2D eigenvalue weighted by Gasteiger charge is 2.25. The Kier molecular flexibility index (Phi) is 7.86. The quantitative estimate of drug-likeness (QED) is 0.449. The molecule has 0 aliphatic heterocycles. The van der Waals surface area contributed by atoms with E-state index in [4.69, 9.17) is 21.1 Å². The molecule has 0 bridgehead atoms. The summed E-state index contributed by atoms with van der Waals surface area (Å²) in [6.45, 7) is 6.26. The lowest BCUT2D eigenvalue weighted by Gasteiger charge is -2.19. The second kappa shape index (κ2) is 9.91.